The predicted octanol–water partition coefficient (Wildman–Crippen LogP) is 2.96. The molecule has 178 valence electrons. The van der Waals surface area contributed by atoms with Crippen LogP contribution in [0.15, 0.2) is 59.4 Å². The number of nitrogens with one attached hydrogen (secondary N) is 2. The molecule has 4 rings (SSSR count). The topological polar surface area (TPSA) is 119 Å². The number of rotatable bonds is 6. The summed E-state index contributed by atoms with van der Waals surface area (Å²) in [4.78, 5) is 39.5. The number of hydrogen-bond donors (Lipinski definition) is 2. The third-order valence-corrected chi connectivity index (χ3v) is 6.40. The lowest BCUT2D eigenvalue weighted by Gasteiger charge is -2.27. The smallest absolute Gasteiger partial charge is 0.267 e. The molecule has 1 aliphatic heterocycles. The van der Waals surface area contributed by atoms with Gasteiger partial charge >= 0.3 is 0 Å². The van der Waals surface area contributed by atoms with Gasteiger partial charge in [-0.25, -0.2) is 5.10 Å². The van der Waals surface area contributed by atoms with E-state index in [4.69, 9.17) is 0 Å². The maximum Gasteiger partial charge on any atom is 0.267 e. The van der Waals surface area contributed by atoms with Crippen molar-refractivity contribution in [2.24, 2.45) is 0 Å². The number of hydrogen-bond acceptors (Lipinski definition) is 5. The Labute approximate surface area is 203 Å². The van der Waals surface area contributed by atoms with Gasteiger partial charge in [0.25, 0.3) is 11.5 Å². The van der Waals surface area contributed by atoms with Gasteiger partial charge in [-0.05, 0) is 61.6 Å². The van der Waals surface area contributed by atoms with Crippen LogP contribution in [0.2, 0.25) is 0 Å². The third-order valence-electron chi connectivity index (χ3n) is 6.40. The van der Waals surface area contributed by atoms with Gasteiger partial charge in [0.2, 0.25) is 5.91 Å². The van der Waals surface area contributed by atoms with Gasteiger partial charge in [-0.2, -0.15) is 10.4 Å². The number of carbonyl (C=O) groups is 2. The second-order valence-electron chi connectivity index (χ2n) is 8.81. The second-order valence-corrected chi connectivity index (χ2v) is 8.81. The molecule has 8 nitrogen and oxygen atoms in total. The molecule has 1 aromatic heterocycles. The fourth-order valence-electron chi connectivity index (χ4n) is 4.57. The summed E-state index contributed by atoms with van der Waals surface area (Å²) >= 11 is 0. The first-order valence-electron chi connectivity index (χ1n) is 11.6. The molecule has 0 saturated carbocycles. The number of H-pyrrole nitrogens is 1. The highest BCUT2D eigenvalue weighted by molar-refractivity contribution is 5.96. The number of amides is 2. The molecular weight excluding hydrogens is 442 g/mol. The Hall–Kier alpha value is -4.25. The summed E-state index contributed by atoms with van der Waals surface area (Å²) in [7, 11) is 0. The molecule has 0 radical (unpaired) electrons. The Morgan fingerprint density at radius 3 is 2.60 bits per heavy atom. The van der Waals surface area contributed by atoms with Crippen molar-refractivity contribution in [3.8, 4) is 6.07 Å². The summed E-state index contributed by atoms with van der Waals surface area (Å²) in [5.41, 5.74) is 4.30. The molecule has 2 N–H and O–H groups in total. The van der Waals surface area contributed by atoms with Crippen LogP contribution in [0.5, 0.6) is 0 Å². The molecule has 35 heavy (non-hydrogen) atoms. The SMILES string of the molecule is Cc1cc(Cc2ccc(C(=O)NCC(=O)N3[C@@H](C#N)CC[C@H]3c3ccccc3)cc2C)c(=O)[nH]n1. The normalized spacial score (nSPS) is 17.1. The van der Waals surface area contributed by atoms with Gasteiger partial charge in [0.05, 0.1) is 24.3 Å². The van der Waals surface area contributed by atoms with Crippen LogP contribution in [0.1, 0.15) is 57.2 Å². The van der Waals surface area contributed by atoms with Crippen molar-refractivity contribution >= 4 is 11.8 Å². The molecule has 3 aromatic rings. The van der Waals surface area contributed by atoms with Crippen molar-refractivity contribution in [3.05, 3.63) is 98.5 Å². The average Bonchev–Trinajstić information content (AvgIpc) is 3.30. The molecule has 0 bridgehead atoms. The molecule has 1 fully saturated rings. The number of aryl methyl sites for hydroxylation is 2. The zero-order valence-electron chi connectivity index (χ0n) is 19.7. The van der Waals surface area contributed by atoms with E-state index in [-0.39, 0.29) is 30.0 Å². The van der Waals surface area contributed by atoms with Crippen molar-refractivity contribution in [2.75, 3.05) is 6.54 Å². The minimum absolute atomic E-state index is 0.174. The minimum atomic E-state index is -0.508. The van der Waals surface area contributed by atoms with Gasteiger partial charge in [0.1, 0.15) is 6.04 Å². The lowest BCUT2D eigenvalue weighted by molar-refractivity contribution is -0.132. The molecular formula is C27H27N5O3. The maximum atomic E-state index is 13.0. The van der Waals surface area contributed by atoms with Crippen LogP contribution in [0.3, 0.4) is 0 Å². The van der Waals surface area contributed by atoms with Crippen LogP contribution in [-0.2, 0) is 11.2 Å². The summed E-state index contributed by atoms with van der Waals surface area (Å²) in [6.07, 6.45) is 1.74. The van der Waals surface area contributed by atoms with Crippen LogP contribution in [-0.4, -0.2) is 39.5 Å². The van der Waals surface area contributed by atoms with Crippen LogP contribution in [0.4, 0.5) is 0 Å². The van der Waals surface area contributed by atoms with Crippen molar-refractivity contribution in [2.45, 2.75) is 45.2 Å². The molecule has 2 heterocycles. The van der Waals surface area contributed by atoms with E-state index in [2.05, 4.69) is 21.6 Å². The monoisotopic (exact) mass is 469 g/mol. The molecule has 0 unspecified atom stereocenters. The molecule has 0 spiro atoms. The van der Waals surface area contributed by atoms with Gasteiger partial charge in [-0.1, -0.05) is 36.4 Å². The zero-order valence-corrected chi connectivity index (χ0v) is 19.7. The molecule has 0 aliphatic carbocycles. The quantitative estimate of drug-likeness (QED) is 0.575. The number of aromatic amines is 1. The van der Waals surface area contributed by atoms with Crippen molar-refractivity contribution in [1.29, 1.82) is 5.26 Å². The van der Waals surface area contributed by atoms with Gasteiger partial charge in [0.15, 0.2) is 0 Å². The fourth-order valence-corrected chi connectivity index (χ4v) is 4.57. The highest BCUT2D eigenvalue weighted by Gasteiger charge is 2.37. The van der Waals surface area contributed by atoms with E-state index in [9.17, 15) is 19.6 Å². The van der Waals surface area contributed by atoms with Crippen LogP contribution in [0, 0.1) is 25.2 Å². The van der Waals surface area contributed by atoms with Gasteiger partial charge in [-0.3, -0.25) is 14.4 Å². The van der Waals surface area contributed by atoms with Crippen molar-refractivity contribution in [3.63, 3.8) is 0 Å². The first-order valence-corrected chi connectivity index (χ1v) is 11.6. The molecule has 2 amide bonds. The van der Waals surface area contributed by atoms with Crippen LogP contribution in [0.25, 0.3) is 0 Å². The minimum Gasteiger partial charge on any atom is -0.343 e. The molecule has 1 saturated heterocycles. The Balaban J connectivity index is 1.42. The molecule has 2 aromatic carbocycles. The van der Waals surface area contributed by atoms with Crippen molar-refractivity contribution < 1.29 is 9.59 Å². The number of nitriles is 1. The molecule has 2 atom stereocenters. The number of benzene rings is 2. The lowest BCUT2D eigenvalue weighted by atomic mass is 9.99. The second kappa shape index (κ2) is 10.3. The summed E-state index contributed by atoms with van der Waals surface area (Å²) in [6.45, 7) is 3.50. The fraction of sp³-hybridized carbons (Fsp3) is 0.296. The molecule has 8 heteroatoms. The van der Waals surface area contributed by atoms with Gasteiger partial charge in [0, 0.05) is 17.5 Å². The Morgan fingerprint density at radius 1 is 1.11 bits per heavy atom. The molecule has 1 aliphatic rings. The first kappa shape index (κ1) is 23.9. The lowest BCUT2D eigenvalue weighted by Crippen LogP contribution is -2.43. The zero-order chi connectivity index (χ0) is 24.9. The number of carbonyl (C=O) groups excluding carboxylic acids is 2. The van der Waals surface area contributed by atoms with E-state index in [0.717, 1.165) is 22.4 Å². The highest BCUT2D eigenvalue weighted by Crippen LogP contribution is 2.35. The van der Waals surface area contributed by atoms with Gasteiger partial charge in [-0.15, -0.1) is 0 Å². The average molecular weight is 470 g/mol. The summed E-state index contributed by atoms with van der Waals surface area (Å²) in [5, 5.41) is 18.6. The Bertz CT molecular complexity index is 1340. The number of likely N-dealkylation sites (tertiary alicyclic amines) is 1. The van der Waals surface area contributed by atoms with Crippen LogP contribution < -0.4 is 10.9 Å². The standard InChI is InChI=1S/C27H27N5O3/c1-17-12-21(9-8-20(17)14-22-13-18(2)30-31-27(22)35)26(34)29-16-25(33)32-23(15-28)10-11-24(32)19-6-4-3-5-7-19/h3-9,12-13,23-24H,10-11,14,16H2,1-2H3,(H,29,34)(H,31,35)/t23-,24+/m1/s1. The van der Waals surface area contributed by atoms with E-state index in [1.54, 1.807) is 23.1 Å². The van der Waals surface area contributed by atoms with Crippen LogP contribution >= 0.6 is 0 Å². The number of nitrogens with zero attached hydrogens (tertiary/aromatic N) is 3. The third kappa shape index (κ3) is 5.30. The summed E-state index contributed by atoms with van der Waals surface area (Å²) in [5.74, 6) is -0.647. The van der Waals surface area contributed by atoms with E-state index in [1.165, 1.54) is 0 Å². The summed E-state index contributed by atoms with van der Waals surface area (Å²) in [6, 6.07) is 18.2. The predicted molar refractivity (Wildman–Crippen MR) is 131 cm³/mol. The van der Waals surface area contributed by atoms with Crippen molar-refractivity contribution in [1.82, 2.24) is 20.4 Å². The largest absolute Gasteiger partial charge is 0.343 e. The first-order chi connectivity index (χ1) is 16.9. The van der Waals surface area contributed by atoms with E-state index in [0.29, 0.717) is 30.4 Å². The van der Waals surface area contributed by atoms with E-state index in [1.807, 2.05) is 50.2 Å². The Kier molecular flexibility index (Phi) is 7.06. The number of aromatic nitrogens is 2. The van der Waals surface area contributed by atoms with E-state index >= 15 is 0 Å². The highest BCUT2D eigenvalue weighted by atomic mass is 16.2. The van der Waals surface area contributed by atoms with E-state index < -0.39 is 6.04 Å². The maximum absolute atomic E-state index is 13.0. The van der Waals surface area contributed by atoms with Gasteiger partial charge < -0.3 is 10.2 Å². The Morgan fingerprint density at radius 2 is 1.89 bits per heavy atom. The summed E-state index contributed by atoms with van der Waals surface area (Å²) < 4.78 is 0.